The lowest BCUT2D eigenvalue weighted by Gasteiger charge is -2.40. The van der Waals surface area contributed by atoms with Crippen LogP contribution in [0, 0.1) is 32.1 Å². The number of rotatable bonds is 2. The van der Waals surface area contributed by atoms with Crippen molar-refractivity contribution in [3.05, 3.63) is 72.3 Å². The highest BCUT2D eigenvalue weighted by molar-refractivity contribution is 9.10. The second-order valence-electron chi connectivity index (χ2n) is 7.93. The predicted octanol–water partition coefficient (Wildman–Crippen LogP) is 5.74. The van der Waals surface area contributed by atoms with Crippen LogP contribution in [0.25, 0.3) is 0 Å². The van der Waals surface area contributed by atoms with Gasteiger partial charge in [-0.15, -0.1) is 11.3 Å². The zero-order valence-corrected chi connectivity index (χ0v) is 21.2. The van der Waals surface area contributed by atoms with Crippen molar-refractivity contribution >= 4 is 38.7 Å². The van der Waals surface area contributed by atoms with E-state index in [2.05, 4.69) is 41.9 Å². The topological polar surface area (TPSA) is 90.3 Å². The van der Waals surface area contributed by atoms with Gasteiger partial charge in [0, 0.05) is 38.5 Å². The van der Waals surface area contributed by atoms with Crippen LogP contribution in [0.1, 0.15) is 53.0 Å². The molecular weight excluding hydrogens is 486 g/mol. The van der Waals surface area contributed by atoms with Crippen molar-refractivity contribution < 1.29 is 9.90 Å². The molecule has 0 bridgehead atoms. The van der Waals surface area contributed by atoms with Crippen LogP contribution in [0.2, 0.25) is 0 Å². The maximum atomic E-state index is 13.2. The second kappa shape index (κ2) is 10.0. The minimum atomic E-state index is -0.375. The number of aryl methyl sites for hydroxylation is 3. The van der Waals surface area contributed by atoms with Crippen molar-refractivity contribution in [3.8, 4) is 6.07 Å². The Kier molecular flexibility index (Phi) is 7.60. The van der Waals surface area contributed by atoms with Gasteiger partial charge in [-0.1, -0.05) is 15.9 Å². The molecule has 3 N–H and O–H groups in total. The Balaban J connectivity index is 0.000000913. The Hall–Kier alpha value is -2.40. The lowest BCUT2D eigenvalue weighted by atomic mass is 9.75. The number of carbonyl (C=O) groups excluding carboxylic acids is 1. The first kappa shape index (κ1) is 24.2. The standard InChI is InChI=1S/C23H22BrN3OS.C2H6O/c1-12-9-15(24)7-8-18(12)27-19-5-4-6-20(28)22(19)21(17(11-25)23(27)26)16-10-13(2)29-14(16)3;1-2-3/h7-10,21H,4-6,26H2,1-3H3;3H,2H2,1H3. The van der Waals surface area contributed by atoms with Crippen molar-refractivity contribution in [2.24, 2.45) is 5.73 Å². The molecule has 1 aromatic carbocycles. The van der Waals surface area contributed by atoms with Gasteiger partial charge in [0.1, 0.15) is 5.82 Å². The molecule has 1 aliphatic heterocycles. The minimum absolute atomic E-state index is 0.125. The number of carbonyl (C=O) groups is 1. The van der Waals surface area contributed by atoms with Gasteiger partial charge in [0.15, 0.2) is 5.78 Å². The first-order valence-corrected chi connectivity index (χ1v) is 12.3. The highest BCUT2D eigenvalue weighted by Gasteiger charge is 2.41. The monoisotopic (exact) mass is 513 g/mol. The number of nitrogens with zero attached hydrogens (tertiary/aromatic N) is 2. The molecule has 168 valence electrons. The summed E-state index contributed by atoms with van der Waals surface area (Å²) in [6.45, 7) is 8.05. The third-order valence-corrected chi connectivity index (χ3v) is 7.18. The van der Waals surface area contributed by atoms with Crippen LogP contribution in [0.3, 0.4) is 0 Å². The van der Waals surface area contributed by atoms with Gasteiger partial charge in [-0.3, -0.25) is 9.69 Å². The SMILES string of the molecule is CCO.Cc1cc(C2C(C#N)=C(N)N(c3ccc(Br)cc3C)C3=C2C(=O)CCC3)c(C)s1. The second-order valence-corrected chi connectivity index (χ2v) is 10.3. The summed E-state index contributed by atoms with van der Waals surface area (Å²) in [5, 5.41) is 17.7. The third-order valence-electron chi connectivity index (χ3n) is 5.70. The van der Waals surface area contributed by atoms with Gasteiger partial charge in [-0.2, -0.15) is 5.26 Å². The van der Waals surface area contributed by atoms with Gasteiger partial charge in [-0.05, 0) is 75.9 Å². The summed E-state index contributed by atoms with van der Waals surface area (Å²) in [6.07, 6.45) is 2.09. The summed E-state index contributed by atoms with van der Waals surface area (Å²) >= 11 is 5.20. The fourth-order valence-electron chi connectivity index (χ4n) is 4.48. The first-order chi connectivity index (χ1) is 15.2. The van der Waals surface area contributed by atoms with Crippen LogP contribution < -0.4 is 10.6 Å². The van der Waals surface area contributed by atoms with Gasteiger partial charge >= 0.3 is 0 Å². The van der Waals surface area contributed by atoms with Crippen molar-refractivity contribution in [2.45, 2.75) is 52.9 Å². The number of benzene rings is 1. The molecular formula is C25H28BrN3O2S. The molecule has 0 radical (unpaired) electrons. The Morgan fingerprint density at radius 2 is 1.97 bits per heavy atom. The van der Waals surface area contributed by atoms with E-state index in [1.807, 2.05) is 30.0 Å². The van der Waals surface area contributed by atoms with Crippen molar-refractivity contribution in [2.75, 3.05) is 11.5 Å². The van der Waals surface area contributed by atoms with E-state index in [1.165, 1.54) is 4.88 Å². The predicted molar refractivity (Wildman–Crippen MR) is 133 cm³/mol. The number of aliphatic hydroxyl groups excluding tert-OH is 1. The number of anilines is 1. The van der Waals surface area contributed by atoms with Crippen LogP contribution in [-0.4, -0.2) is 17.5 Å². The van der Waals surface area contributed by atoms with Crippen LogP contribution in [0.4, 0.5) is 5.69 Å². The van der Waals surface area contributed by atoms with E-state index in [0.717, 1.165) is 50.3 Å². The summed E-state index contributed by atoms with van der Waals surface area (Å²) in [5.41, 5.74) is 11.8. The van der Waals surface area contributed by atoms with E-state index >= 15 is 0 Å². The average Bonchev–Trinajstić information content (AvgIpc) is 3.06. The van der Waals surface area contributed by atoms with E-state index in [9.17, 15) is 10.1 Å². The fraction of sp³-hybridized carbons (Fsp3) is 0.360. The highest BCUT2D eigenvalue weighted by Crippen LogP contribution is 2.48. The van der Waals surface area contributed by atoms with Crippen LogP contribution in [0.15, 0.2) is 51.4 Å². The van der Waals surface area contributed by atoms with Crippen molar-refractivity contribution in [1.29, 1.82) is 5.26 Å². The Labute approximate surface area is 202 Å². The van der Waals surface area contributed by atoms with E-state index < -0.39 is 0 Å². The van der Waals surface area contributed by atoms with E-state index in [4.69, 9.17) is 10.8 Å². The normalized spacial score (nSPS) is 18.2. The van der Waals surface area contributed by atoms with Gasteiger partial charge < -0.3 is 10.8 Å². The number of allylic oxidation sites excluding steroid dienone is 3. The van der Waals surface area contributed by atoms with Gasteiger partial charge in [0.25, 0.3) is 0 Å². The molecule has 4 rings (SSSR count). The van der Waals surface area contributed by atoms with Crippen molar-refractivity contribution in [1.82, 2.24) is 0 Å². The zero-order valence-electron chi connectivity index (χ0n) is 18.8. The quantitative estimate of drug-likeness (QED) is 0.534. The number of hydrogen-bond acceptors (Lipinski definition) is 6. The number of thiophene rings is 1. The lowest BCUT2D eigenvalue weighted by Crippen LogP contribution is -2.39. The fourth-order valence-corrected chi connectivity index (χ4v) is 5.92. The van der Waals surface area contributed by atoms with Gasteiger partial charge in [-0.25, -0.2) is 0 Å². The highest BCUT2D eigenvalue weighted by atomic mass is 79.9. The maximum absolute atomic E-state index is 13.2. The average molecular weight is 514 g/mol. The summed E-state index contributed by atoms with van der Waals surface area (Å²) in [5.74, 6) is 0.180. The van der Waals surface area contributed by atoms with E-state index in [-0.39, 0.29) is 18.3 Å². The molecule has 2 aliphatic rings. The molecule has 32 heavy (non-hydrogen) atoms. The first-order valence-electron chi connectivity index (χ1n) is 10.6. The molecule has 5 nitrogen and oxygen atoms in total. The molecule has 0 saturated carbocycles. The molecule has 1 aliphatic carbocycles. The summed E-state index contributed by atoms with van der Waals surface area (Å²) in [7, 11) is 0. The molecule has 1 atom stereocenters. The summed E-state index contributed by atoms with van der Waals surface area (Å²) < 4.78 is 0.981. The van der Waals surface area contributed by atoms with E-state index in [1.54, 1.807) is 18.3 Å². The number of ketones is 1. The molecule has 2 aromatic rings. The molecule has 2 heterocycles. The third kappa shape index (κ3) is 4.40. The number of nitrogens with two attached hydrogens (primary N) is 1. The van der Waals surface area contributed by atoms with Crippen LogP contribution >= 0.6 is 27.3 Å². The number of Topliss-reactive ketones (excluding diaryl/α,β-unsaturated/α-hetero) is 1. The number of hydrogen-bond donors (Lipinski definition) is 2. The van der Waals surface area contributed by atoms with E-state index in [0.29, 0.717) is 17.8 Å². The largest absolute Gasteiger partial charge is 0.397 e. The van der Waals surface area contributed by atoms with Gasteiger partial charge in [0.2, 0.25) is 0 Å². The molecule has 0 amide bonds. The molecule has 1 aromatic heterocycles. The minimum Gasteiger partial charge on any atom is -0.397 e. The van der Waals surface area contributed by atoms with Gasteiger partial charge in [0.05, 0.1) is 23.2 Å². The number of aliphatic hydroxyl groups is 1. The molecule has 0 saturated heterocycles. The molecule has 0 spiro atoms. The lowest BCUT2D eigenvalue weighted by molar-refractivity contribution is -0.116. The van der Waals surface area contributed by atoms with Crippen LogP contribution in [-0.2, 0) is 4.79 Å². The molecule has 0 fully saturated rings. The number of nitriles is 1. The smallest absolute Gasteiger partial charge is 0.161 e. The summed E-state index contributed by atoms with van der Waals surface area (Å²) in [4.78, 5) is 17.4. The van der Waals surface area contributed by atoms with Crippen LogP contribution in [0.5, 0.6) is 0 Å². The number of halogens is 1. The Morgan fingerprint density at radius 1 is 1.28 bits per heavy atom. The maximum Gasteiger partial charge on any atom is 0.161 e. The summed E-state index contributed by atoms with van der Waals surface area (Å²) in [6, 6.07) is 10.4. The Bertz CT molecular complexity index is 1160. The molecule has 1 unspecified atom stereocenters. The van der Waals surface area contributed by atoms with Crippen molar-refractivity contribution in [3.63, 3.8) is 0 Å². The Morgan fingerprint density at radius 3 is 2.53 bits per heavy atom. The zero-order chi connectivity index (χ0) is 23.6. The molecule has 7 heteroatoms.